The molecule has 288 valence electrons. The number of H-pyrrole nitrogens is 1. The lowest BCUT2D eigenvalue weighted by Crippen LogP contribution is -2.39. The molecular weight excluding hydrogens is 703 g/mol. The number of amides is 1. The third kappa shape index (κ3) is 10.2. The highest BCUT2D eigenvalue weighted by atomic mass is 16.6. The lowest BCUT2D eigenvalue weighted by atomic mass is 10.0. The number of aliphatic hydroxyl groups excluding tert-OH is 1. The van der Waals surface area contributed by atoms with E-state index in [-0.39, 0.29) is 17.4 Å². The number of hydrogen-bond acceptors (Lipinski definition) is 8. The number of ether oxygens (including phenoxy) is 1. The monoisotopic (exact) mass is 751 g/mol. The second-order valence-corrected chi connectivity index (χ2v) is 14.4. The van der Waals surface area contributed by atoms with E-state index in [4.69, 9.17) is 4.74 Å². The van der Waals surface area contributed by atoms with Gasteiger partial charge in [0.05, 0.1) is 17.3 Å². The van der Waals surface area contributed by atoms with Crippen molar-refractivity contribution in [2.45, 2.75) is 44.3 Å². The van der Waals surface area contributed by atoms with Gasteiger partial charge in [-0.05, 0) is 110 Å². The Morgan fingerprint density at radius 2 is 1.61 bits per heavy atom. The third-order valence-corrected chi connectivity index (χ3v) is 10.4. The Bertz CT molecular complexity index is 2270. The molecule has 1 aromatic heterocycles. The number of carbonyl (C=O) groups is 1. The van der Waals surface area contributed by atoms with E-state index in [9.17, 15) is 19.8 Å². The number of aromatic nitrogens is 1. The summed E-state index contributed by atoms with van der Waals surface area (Å²) in [6, 6.07) is 41.0. The summed E-state index contributed by atoms with van der Waals surface area (Å²) in [5.41, 5.74) is 7.98. The molecule has 1 amide bonds. The molecule has 0 bridgehead atoms. The summed E-state index contributed by atoms with van der Waals surface area (Å²) >= 11 is 0. The zero-order valence-electron chi connectivity index (χ0n) is 31.4. The van der Waals surface area contributed by atoms with Crippen LogP contribution in [-0.4, -0.2) is 65.0 Å². The zero-order valence-corrected chi connectivity index (χ0v) is 31.4. The van der Waals surface area contributed by atoms with Gasteiger partial charge in [0.1, 0.15) is 11.9 Å². The predicted molar refractivity (Wildman–Crippen MR) is 224 cm³/mol. The number of aliphatic hydroxyl groups is 1. The highest BCUT2D eigenvalue weighted by Gasteiger charge is 2.23. The number of piperidine rings is 1. The summed E-state index contributed by atoms with van der Waals surface area (Å²) in [4.78, 5) is 29.6. The maximum Gasteiger partial charge on any atom is 0.411 e. The maximum atomic E-state index is 12.8. The van der Waals surface area contributed by atoms with Gasteiger partial charge < -0.3 is 35.5 Å². The summed E-state index contributed by atoms with van der Waals surface area (Å²) < 4.78 is 5.83. The first kappa shape index (κ1) is 38.3. The molecule has 0 saturated carbocycles. The number of phenols is 1. The first-order valence-corrected chi connectivity index (χ1v) is 19.4. The van der Waals surface area contributed by atoms with Gasteiger partial charge in [-0.15, -0.1) is 0 Å². The molecule has 1 saturated heterocycles. The lowest BCUT2D eigenvalue weighted by molar-refractivity contribution is 0.0587. The molecule has 0 aliphatic carbocycles. The van der Waals surface area contributed by atoms with E-state index in [1.807, 2.05) is 54.6 Å². The number of anilines is 3. The Kier molecular flexibility index (Phi) is 12.7. The molecule has 1 aliphatic rings. The second kappa shape index (κ2) is 18.6. The van der Waals surface area contributed by atoms with Crippen LogP contribution in [0.25, 0.3) is 22.0 Å². The molecule has 0 radical (unpaired) electrons. The van der Waals surface area contributed by atoms with Gasteiger partial charge >= 0.3 is 6.09 Å². The minimum absolute atomic E-state index is 0.0231. The second-order valence-electron chi connectivity index (χ2n) is 14.4. The van der Waals surface area contributed by atoms with Crippen molar-refractivity contribution in [2.24, 2.45) is 0 Å². The Morgan fingerprint density at radius 1 is 0.821 bits per heavy atom. The number of pyridine rings is 1. The number of nitrogens with zero attached hydrogens (tertiary/aromatic N) is 1. The fraction of sp³-hybridized carbons (Fsp3) is 0.261. The Hall–Kier alpha value is -5.94. The van der Waals surface area contributed by atoms with Crippen LogP contribution in [-0.2, 0) is 17.6 Å². The summed E-state index contributed by atoms with van der Waals surface area (Å²) in [7, 11) is 0. The molecule has 6 aromatic rings. The van der Waals surface area contributed by atoms with Crippen molar-refractivity contribution in [1.82, 2.24) is 15.2 Å². The van der Waals surface area contributed by atoms with Gasteiger partial charge in [-0.2, -0.15) is 0 Å². The number of aromatic amines is 1. The van der Waals surface area contributed by atoms with Crippen LogP contribution in [0.4, 0.5) is 21.9 Å². The predicted octanol–water partition coefficient (Wildman–Crippen LogP) is 8.16. The fourth-order valence-electron chi connectivity index (χ4n) is 7.37. The summed E-state index contributed by atoms with van der Waals surface area (Å²) in [5.74, 6) is -0.0231. The van der Waals surface area contributed by atoms with Crippen LogP contribution < -0.4 is 21.5 Å². The van der Waals surface area contributed by atoms with Gasteiger partial charge in [0.2, 0.25) is 5.56 Å². The van der Waals surface area contributed by atoms with E-state index in [2.05, 4.69) is 74.4 Å². The van der Waals surface area contributed by atoms with E-state index >= 15 is 0 Å². The van der Waals surface area contributed by atoms with Crippen molar-refractivity contribution in [2.75, 3.05) is 43.4 Å². The highest BCUT2D eigenvalue weighted by molar-refractivity contribution is 5.91. The van der Waals surface area contributed by atoms with Gasteiger partial charge in [-0.1, -0.05) is 78.9 Å². The number of para-hydroxylation sites is 1. The normalized spacial score (nSPS) is 14.0. The SMILES string of the molecule is O=C(Nc1ccccc1-c1ccccc1)OC1CCN(CCCc2cccc(Nc3ccc(CCNC[C@@H](O)c4ccc(O)c5[nH]c(=O)ccc45)cc3)c2)CC1. The van der Waals surface area contributed by atoms with Crippen LogP contribution in [0.15, 0.2) is 132 Å². The van der Waals surface area contributed by atoms with Crippen LogP contribution in [0.1, 0.15) is 42.1 Å². The van der Waals surface area contributed by atoms with Gasteiger partial charge in [0.25, 0.3) is 0 Å². The molecule has 10 heteroatoms. The number of fused-ring (bicyclic) bond motifs is 1. The van der Waals surface area contributed by atoms with E-state index in [1.165, 1.54) is 23.3 Å². The molecule has 7 rings (SSSR count). The van der Waals surface area contributed by atoms with Crippen molar-refractivity contribution < 1.29 is 19.7 Å². The number of carbonyl (C=O) groups excluding carboxylic acids is 1. The quantitative estimate of drug-likeness (QED) is 0.0579. The first-order valence-electron chi connectivity index (χ1n) is 19.4. The molecule has 1 aliphatic heterocycles. The number of phenolic OH excluding ortho intramolecular Hbond substituents is 1. The van der Waals surface area contributed by atoms with Crippen LogP contribution >= 0.6 is 0 Å². The number of aryl methyl sites for hydroxylation is 1. The van der Waals surface area contributed by atoms with E-state index in [0.717, 1.165) is 79.9 Å². The number of benzene rings is 5. The molecular formula is C46H49N5O5. The van der Waals surface area contributed by atoms with Crippen molar-refractivity contribution in [3.63, 3.8) is 0 Å². The van der Waals surface area contributed by atoms with Crippen molar-refractivity contribution in [3.05, 3.63) is 154 Å². The summed E-state index contributed by atoms with van der Waals surface area (Å²) in [6.45, 7) is 3.86. The van der Waals surface area contributed by atoms with Crippen molar-refractivity contribution in [1.29, 1.82) is 0 Å². The average Bonchev–Trinajstić information content (AvgIpc) is 3.22. The van der Waals surface area contributed by atoms with Crippen LogP contribution in [0.5, 0.6) is 5.75 Å². The number of aromatic hydroxyl groups is 1. The van der Waals surface area contributed by atoms with E-state index in [1.54, 1.807) is 12.1 Å². The minimum atomic E-state index is -0.791. The molecule has 56 heavy (non-hydrogen) atoms. The average molecular weight is 752 g/mol. The molecule has 2 heterocycles. The van der Waals surface area contributed by atoms with E-state index in [0.29, 0.717) is 29.6 Å². The largest absolute Gasteiger partial charge is 0.506 e. The molecule has 5 aromatic carbocycles. The number of rotatable bonds is 15. The third-order valence-electron chi connectivity index (χ3n) is 10.4. The Morgan fingerprint density at radius 3 is 2.43 bits per heavy atom. The lowest BCUT2D eigenvalue weighted by Gasteiger charge is -2.31. The Labute approximate surface area is 327 Å². The molecule has 6 N–H and O–H groups in total. The topological polar surface area (TPSA) is 139 Å². The molecule has 0 unspecified atom stereocenters. The standard InChI is InChI=1S/C46H49N5O5/c52-42-21-19-39(40-20-22-44(54)50-45(40)42)43(53)31-47-26-23-32-15-17-35(18-16-32)48-36-12-6-8-33(30-36)9-7-27-51-28-24-37(25-29-51)56-46(55)49-41-14-5-4-13-38(41)34-10-2-1-3-11-34/h1-6,8,10-22,30,37,43,47-48,52-53H,7,9,23-29,31H2,(H,49,55)(H,50,54)/t43-/m1/s1. The number of hydrogen-bond donors (Lipinski definition) is 6. The number of nitrogens with one attached hydrogen (secondary N) is 4. The maximum absolute atomic E-state index is 12.8. The van der Waals surface area contributed by atoms with Crippen LogP contribution in [0.2, 0.25) is 0 Å². The van der Waals surface area contributed by atoms with Crippen molar-refractivity contribution >= 4 is 34.1 Å². The molecule has 0 spiro atoms. The molecule has 10 nitrogen and oxygen atoms in total. The van der Waals surface area contributed by atoms with Crippen LogP contribution in [0, 0.1) is 0 Å². The fourth-order valence-corrected chi connectivity index (χ4v) is 7.37. The van der Waals surface area contributed by atoms with E-state index < -0.39 is 12.2 Å². The zero-order chi connectivity index (χ0) is 38.7. The molecule has 1 atom stereocenters. The van der Waals surface area contributed by atoms with Gasteiger partial charge in [-0.25, -0.2) is 4.79 Å². The van der Waals surface area contributed by atoms with Gasteiger partial charge in [0.15, 0.2) is 0 Å². The van der Waals surface area contributed by atoms with Crippen LogP contribution in [0.3, 0.4) is 0 Å². The highest BCUT2D eigenvalue weighted by Crippen LogP contribution is 2.30. The first-order chi connectivity index (χ1) is 27.4. The Balaban J connectivity index is 0.796. The van der Waals surface area contributed by atoms with Gasteiger partial charge in [0, 0.05) is 48.0 Å². The minimum Gasteiger partial charge on any atom is -0.506 e. The van der Waals surface area contributed by atoms with Gasteiger partial charge in [-0.3, -0.25) is 10.1 Å². The van der Waals surface area contributed by atoms with Crippen molar-refractivity contribution in [3.8, 4) is 16.9 Å². The molecule has 1 fully saturated rings. The smallest absolute Gasteiger partial charge is 0.411 e. The summed E-state index contributed by atoms with van der Waals surface area (Å²) in [6.07, 6.45) is 3.22. The number of likely N-dealkylation sites (tertiary alicyclic amines) is 1. The summed E-state index contributed by atoms with van der Waals surface area (Å²) in [5, 5.41) is 31.4.